The maximum Gasteiger partial charge on any atom is 0.137 e. The Labute approximate surface area is 186 Å². The first kappa shape index (κ1) is 23.6. The molecule has 0 bridgehead atoms. The summed E-state index contributed by atoms with van der Waals surface area (Å²) in [5.74, 6) is 0.495. The first-order valence-electron chi connectivity index (χ1n) is 10.3. The lowest BCUT2D eigenvalue weighted by molar-refractivity contribution is 0.114. The van der Waals surface area contributed by atoms with Crippen LogP contribution < -0.4 is 10.5 Å². The Morgan fingerprint density at radius 2 is 1.75 bits per heavy atom. The van der Waals surface area contributed by atoms with Gasteiger partial charge in [-0.2, -0.15) is 0 Å². The molecule has 0 aliphatic rings. The summed E-state index contributed by atoms with van der Waals surface area (Å²) in [6.07, 6.45) is 2.87. The molecule has 7 nitrogen and oxygen atoms in total. The van der Waals surface area contributed by atoms with E-state index in [1.165, 1.54) is 12.3 Å². The van der Waals surface area contributed by atoms with Gasteiger partial charge in [0.2, 0.25) is 0 Å². The van der Waals surface area contributed by atoms with E-state index in [9.17, 15) is 19.7 Å². The van der Waals surface area contributed by atoms with Crippen molar-refractivity contribution in [3.63, 3.8) is 0 Å². The molecule has 0 spiro atoms. The number of nitrogens with two attached hydrogens (primary N) is 1. The topological polar surface area (TPSA) is 114 Å². The predicted octanol–water partition coefficient (Wildman–Crippen LogP) is 2.85. The average molecular weight is 442 g/mol. The van der Waals surface area contributed by atoms with Crippen molar-refractivity contribution in [1.82, 2.24) is 9.55 Å². The summed E-state index contributed by atoms with van der Waals surface area (Å²) in [5.41, 5.74) is 7.57. The first-order chi connectivity index (χ1) is 15.4. The van der Waals surface area contributed by atoms with Crippen LogP contribution in [0.1, 0.15) is 30.5 Å². The molecule has 3 rings (SSSR count). The standard InChI is InChI=1S/C24H28FN3O4/c1-16(30)24-27-10-11-28(24)20(14-29)12-23(25)19-4-2-17(3-5-19)18-6-8-22(9-7-18)32-15-21(31)13-26/h2-12,16,20-21,29-31H,13-15,26H2,1H3/b23-12-. The molecule has 0 radical (unpaired) electrons. The molecular weight excluding hydrogens is 413 g/mol. The number of benzene rings is 2. The van der Waals surface area contributed by atoms with Crippen LogP contribution in [-0.2, 0) is 0 Å². The third kappa shape index (κ3) is 5.80. The van der Waals surface area contributed by atoms with Gasteiger partial charge in [0.1, 0.15) is 36.2 Å². The van der Waals surface area contributed by atoms with Gasteiger partial charge in [0.05, 0.1) is 12.6 Å². The van der Waals surface area contributed by atoms with Crippen LogP contribution in [0.4, 0.5) is 4.39 Å². The van der Waals surface area contributed by atoms with Crippen LogP contribution in [0, 0.1) is 0 Å². The van der Waals surface area contributed by atoms with E-state index in [4.69, 9.17) is 10.5 Å². The summed E-state index contributed by atoms with van der Waals surface area (Å²) in [6, 6.07) is 13.6. The highest BCUT2D eigenvalue weighted by Crippen LogP contribution is 2.27. The Morgan fingerprint density at radius 3 is 2.31 bits per heavy atom. The lowest BCUT2D eigenvalue weighted by atomic mass is 10.0. The van der Waals surface area contributed by atoms with Crippen LogP contribution in [-0.4, -0.2) is 50.7 Å². The molecule has 5 N–H and O–H groups in total. The summed E-state index contributed by atoms with van der Waals surface area (Å²) in [5, 5.41) is 29.0. The van der Waals surface area contributed by atoms with Gasteiger partial charge in [-0.3, -0.25) is 0 Å². The van der Waals surface area contributed by atoms with Crippen LogP contribution in [0.3, 0.4) is 0 Å². The fourth-order valence-corrected chi connectivity index (χ4v) is 3.24. The van der Waals surface area contributed by atoms with Gasteiger partial charge in [0.25, 0.3) is 0 Å². The number of hydrogen-bond donors (Lipinski definition) is 4. The van der Waals surface area contributed by atoms with Crippen molar-refractivity contribution in [2.45, 2.75) is 25.2 Å². The maximum absolute atomic E-state index is 14.9. The van der Waals surface area contributed by atoms with Crippen LogP contribution in [0.25, 0.3) is 17.0 Å². The minimum atomic E-state index is -0.836. The minimum absolute atomic E-state index is 0.128. The molecular formula is C24H28FN3O4. The molecule has 0 saturated heterocycles. The van der Waals surface area contributed by atoms with Crippen molar-refractivity contribution in [2.24, 2.45) is 5.73 Å². The van der Waals surface area contributed by atoms with Crippen LogP contribution in [0.5, 0.6) is 5.75 Å². The Balaban J connectivity index is 1.72. The highest BCUT2D eigenvalue weighted by atomic mass is 19.1. The molecule has 0 aliphatic heterocycles. The van der Waals surface area contributed by atoms with Crippen molar-refractivity contribution in [2.75, 3.05) is 19.8 Å². The number of nitrogens with zero attached hydrogens (tertiary/aromatic N) is 2. The van der Waals surface area contributed by atoms with Crippen LogP contribution in [0.2, 0.25) is 0 Å². The number of aromatic nitrogens is 2. The minimum Gasteiger partial charge on any atom is -0.491 e. The molecule has 3 unspecified atom stereocenters. The van der Waals surface area contributed by atoms with E-state index in [1.54, 1.807) is 42.0 Å². The van der Waals surface area contributed by atoms with Crippen molar-refractivity contribution in [1.29, 1.82) is 0 Å². The third-order valence-electron chi connectivity index (χ3n) is 5.02. The number of aliphatic hydroxyl groups excluding tert-OH is 3. The van der Waals surface area contributed by atoms with Crippen molar-refractivity contribution in [3.8, 4) is 16.9 Å². The predicted molar refractivity (Wildman–Crippen MR) is 121 cm³/mol. The maximum atomic E-state index is 14.9. The van der Waals surface area contributed by atoms with Gasteiger partial charge < -0.3 is 30.4 Å². The van der Waals surface area contributed by atoms with E-state index in [2.05, 4.69) is 4.98 Å². The van der Waals surface area contributed by atoms with E-state index < -0.39 is 24.1 Å². The fourth-order valence-electron chi connectivity index (χ4n) is 3.24. The largest absolute Gasteiger partial charge is 0.491 e. The number of ether oxygens (including phenoxy) is 1. The Kier molecular flexibility index (Phi) is 8.13. The summed E-state index contributed by atoms with van der Waals surface area (Å²) < 4.78 is 21.9. The highest BCUT2D eigenvalue weighted by molar-refractivity contribution is 5.68. The van der Waals surface area contributed by atoms with Crippen molar-refractivity contribution >= 4 is 5.83 Å². The first-order valence-corrected chi connectivity index (χ1v) is 10.3. The average Bonchev–Trinajstić information content (AvgIpc) is 3.31. The Bertz CT molecular complexity index is 1020. The number of hydrogen-bond acceptors (Lipinski definition) is 6. The van der Waals surface area contributed by atoms with Crippen molar-refractivity contribution < 1.29 is 24.4 Å². The second-order valence-electron chi connectivity index (χ2n) is 7.44. The monoisotopic (exact) mass is 441 g/mol. The summed E-state index contributed by atoms with van der Waals surface area (Å²) in [6.45, 7) is 1.49. The molecule has 3 atom stereocenters. The highest BCUT2D eigenvalue weighted by Gasteiger charge is 2.16. The van der Waals surface area contributed by atoms with E-state index in [0.29, 0.717) is 17.1 Å². The smallest absolute Gasteiger partial charge is 0.137 e. The zero-order valence-corrected chi connectivity index (χ0v) is 17.8. The Morgan fingerprint density at radius 1 is 1.12 bits per heavy atom. The van der Waals surface area contributed by atoms with E-state index in [1.807, 2.05) is 24.3 Å². The number of imidazole rings is 1. The quantitative estimate of drug-likeness (QED) is 0.385. The van der Waals surface area contributed by atoms with Gasteiger partial charge in [-0.1, -0.05) is 36.4 Å². The van der Waals surface area contributed by atoms with E-state index >= 15 is 0 Å². The summed E-state index contributed by atoms with van der Waals surface area (Å²) >= 11 is 0. The molecule has 0 saturated carbocycles. The van der Waals surface area contributed by atoms with Gasteiger partial charge in [-0.15, -0.1) is 0 Å². The second kappa shape index (κ2) is 11.0. The lowest BCUT2D eigenvalue weighted by Gasteiger charge is -2.17. The van der Waals surface area contributed by atoms with Gasteiger partial charge in [-0.25, -0.2) is 9.37 Å². The van der Waals surface area contributed by atoms with Crippen LogP contribution >= 0.6 is 0 Å². The van der Waals surface area contributed by atoms with Crippen molar-refractivity contribution in [3.05, 3.63) is 78.4 Å². The SMILES string of the molecule is CC(O)c1nccn1C(/C=C(\F)c1ccc(-c2ccc(OCC(O)CN)cc2)cc1)CO. The molecule has 170 valence electrons. The normalized spacial score (nSPS) is 14.8. The van der Waals surface area contributed by atoms with Gasteiger partial charge in [0, 0.05) is 24.5 Å². The molecule has 0 fully saturated rings. The zero-order valence-electron chi connectivity index (χ0n) is 17.8. The van der Waals surface area contributed by atoms with E-state index in [0.717, 1.165) is 11.1 Å². The van der Waals surface area contributed by atoms with Gasteiger partial charge >= 0.3 is 0 Å². The fraction of sp³-hybridized carbons (Fsp3) is 0.292. The van der Waals surface area contributed by atoms with Gasteiger partial charge in [0.15, 0.2) is 0 Å². The zero-order chi connectivity index (χ0) is 23.1. The molecule has 2 aromatic carbocycles. The number of halogens is 1. The third-order valence-corrected chi connectivity index (χ3v) is 5.02. The molecule has 1 heterocycles. The molecule has 1 aromatic heterocycles. The number of rotatable bonds is 10. The summed E-state index contributed by atoms with van der Waals surface area (Å²) in [7, 11) is 0. The van der Waals surface area contributed by atoms with E-state index in [-0.39, 0.29) is 19.8 Å². The summed E-state index contributed by atoms with van der Waals surface area (Å²) in [4.78, 5) is 4.06. The number of aliphatic hydroxyl groups is 3. The van der Waals surface area contributed by atoms with Gasteiger partial charge in [-0.05, 0) is 36.3 Å². The molecule has 0 aliphatic carbocycles. The van der Waals surface area contributed by atoms with Crippen LogP contribution in [0.15, 0.2) is 67.0 Å². The Hall–Kier alpha value is -3.04. The molecule has 3 aromatic rings. The molecule has 0 amide bonds. The molecule has 32 heavy (non-hydrogen) atoms. The molecule has 8 heteroatoms. The lowest BCUT2D eigenvalue weighted by Crippen LogP contribution is -2.26. The second-order valence-corrected chi connectivity index (χ2v) is 7.44.